The smallest absolute Gasteiger partial charge is 0.137 e. The third-order valence-electron chi connectivity index (χ3n) is 2.15. The topological polar surface area (TPSA) is 36.7 Å². The van der Waals surface area contributed by atoms with Gasteiger partial charge >= 0.3 is 0 Å². The van der Waals surface area contributed by atoms with Crippen molar-refractivity contribution < 1.29 is 8.78 Å². The molecule has 0 saturated heterocycles. The molecule has 17 heavy (non-hydrogen) atoms. The highest BCUT2D eigenvalue weighted by atomic mass is 35.5. The molecule has 0 aliphatic heterocycles. The number of nitriles is 1. The number of halogens is 3. The lowest BCUT2D eigenvalue weighted by molar-refractivity contribution is 0.589. The molecule has 2 aromatic rings. The molecule has 0 aliphatic rings. The van der Waals surface area contributed by atoms with Crippen LogP contribution >= 0.6 is 11.6 Å². The molecular weight excluding hydrogens is 246 g/mol. The van der Waals surface area contributed by atoms with E-state index < -0.39 is 11.6 Å². The lowest BCUT2D eigenvalue weighted by atomic mass is 10.1. The van der Waals surface area contributed by atoms with Crippen LogP contribution in [-0.4, -0.2) is 4.98 Å². The molecule has 5 heteroatoms. The molecule has 0 amide bonds. The monoisotopic (exact) mass is 250 g/mol. The van der Waals surface area contributed by atoms with E-state index in [1.807, 2.05) is 6.07 Å². The van der Waals surface area contributed by atoms with Crippen molar-refractivity contribution in [3.63, 3.8) is 0 Å². The zero-order chi connectivity index (χ0) is 12.4. The van der Waals surface area contributed by atoms with Crippen LogP contribution in [-0.2, 0) is 0 Å². The second-order valence-corrected chi connectivity index (χ2v) is 3.72. The van der Waals surface area contributed by atoms with Crippen LogP contribution in [0.2, 0.25) is 5.02 Å². The van der Waals surface area contributed by atoms with Crippen molar-refractivity contribution in [2.45, 2.75) is 0 Å². The Bertz CT molecular complexity index is 597. The molecule has 0 atom stereocenters. The van der Waals surface area contributed by atoms with Crippen molar-refractivity contribution in [2.24, 2.45) is 0 Å². The quantitative estimate of drug-likeness (QED) is 0.776. The summed E-state index contributed by atoms with van der Waals surface area (Å²) in [6.07, 6.45) is 1.32. The van der Waals surface area contributed by atoms with Gasteiger partial charge in [0.2, 0.25) is 0 Å². The van der Waals surface area contributed by atoms with E-state index in [0.717, 1.165) is 12.1 Å². The van der Waals surface area contributed by atoms with Crippen LogP contribution in [0.15, 0.2) is 30.5 Å². The predicted molar refractivity (Wildman–Crippen MR) is 59.3 cm³/mol. The second-order valence-electron chi connectivity index (χ2n) is 3.29. The minimum absolute atomic E-state index is 0.0276. The summed E-state index contributed by atoms with van der Waals surface area (Å²) in [5, 5.41) is 8.68. The molecule has 1 aromatic carbocycles. The fourth-order valence-corrected chi connectivity index (χ4v) is 1.62. The van der Waals surface area contributed by atoms with Crippen molar-refractivity contribution in [3.05, 3.63) is 52.7 Å². The largest absolute Gasteiger partial charge is 0.256 e. The van der Waals surface area contributed by atoms with Crippen molar-refractivity contribution in [3.8, 4) is 17.3 Å². The molecule has 84 valence electrons. The minimum atomic E-state index is -0.808. The molecule has 1 aromatic heterocycles. The molecule has 0 N–H and O–H groups in total. The molecule has 0 fully saturated rings. The van der Waals surface area contributed by atoms with E-state index >= 15 is 0 Å². The number of hydrogen-bond donors (Lipinski definition) is 0. The van der Waals surface area contributed by atoms with Gasteiger partial charge in [0.25, 0.3) is 0 Å². The number of benzene rings is 1. The molecule has 2 nitrogen and oxygen atoms in total. The van der Waals surface area contributed by atoms with Gasteiger partial charge in [0.05, 0.1) is 22.9 Å². The van der Waals surface area contributed by atoms with Gasteiger partial charge in [-0.3, -0.25) is 4.98 Å². The number of rotatable bonds is 1. The third-order valence-corrected chi connectivity index (χ3v) is 2.37. The summed E-state index contributed by atoms with van der Waals surface area (Å²) in [5.41, 5.74) is 0.0611. The number of hydrogen-bond acceptors (Lipinski definition) is 2. The average Bonchev–Trinajstić information content (AvgIpc) is 2.28. The van der Waals surface area contributed by atoms with E-state index in [1.54, 1.807) is 0 Å². The van der Waals surface area contributed by atoms with Gasteiger partial charge in [0, 0.05) is 11.2 Å². The Labute approximate surface area is 101 Å². The summed E-state index contributed by atoms with van der Waals surface area (Å²) in [4.78, 5) is 3.83. The zero-order valence-electron chi connectivity index (χ0n) is 8.42. The molecule has 0 radical (unpaired) electrons. The van der Waals surface area contributed by atoms with Crippen molar-refractivity contribution >= 4 is 11.6 Å². The maximum absolute atomic E-state index is 13.6. The summed E-state index contributed by atoms with van der Waals surface area (Å²) in [7, 11) is 0. The van der Waals surface area contributed by atoms with E-state index in [1.165, 1.54) is 18.3 Å². The van der Waals surface area contributed by atoms with E-state index in [4.69, 9.17) is 16.9 Å². The molecular formula is C12H5ClF2N2. The van der Waals surface area contributed by atoms with E-state index in [-0.39, 0.29) is 21.8 Å². The average molecular weight is 251 g/mol. The summed E-state index contributed by atoms with van der Waals surface area (Å²) >= 11 is 5.52. The van der Waals surface area contributed by atoms with Gasteiger partial charge in [0.1, 0.15) is 11.6 Å². The zero-order valence-corrected chi connectivity index (χ0v) is 9.17. The Morgan fingerprint density at radius 1 is 1.18 bits per heavy atom. The van der Waals surface area contributed by atoms with Crippen LogP contribution in [0.3, 0.4) is 0 Å². The molecule has 0 spiro atoms. The van der Waals surface area contributed by atoms with Crippen molar-refractivity contribution in [2.75, 3.05) is 0 Å². The molecule has 1 heterocycles. The van der Waals surface area contributed by atoms with Gasteiger partial charge in [-0.1, -0.05) is 11.6 Å². The normalized spacial score (nSPS) is 10.0. The number of aromatic nitrogens is 1. The first kappa shape index (κ1) is 11.5. The highest BCUT2D eigenvalue weighted by molar-refractivity contribution is 6.30. The van der Waals surface area contributed by atoms with Gasteiger partial charge in [-0.05, 0) is 24.3 Å². The first-order valence-corrected chi connectivity index (χ1v) is 5.00. The van der Waals surface area contributed by atoms with E-state index in [9.17, 15) is 8.78 Å². The van der Waals surface area contributed by atoms with Gasteiger partial charge in [-0.25, -0.2) is 8.78 Å². The first-order valence-electron chi connectivity index (χ1n) is 4.63. The van der Waals surface area contributed by atoms with Gasteiger partial charge in [-0.15, -0.1) is 0 Å². The third kappa shape index (κ3) is 2.24. The van der Waals surface area contributed by atoms with Crippen LogP contribution < -0.4 is 0 Å². The standard InChI is InChI=1S/C12H5ClF2N2/c13-8-4-9(14)12(10(15)5-8)11-3-7(6-16)1-2-17-11/h1-5H. The Morgan fingerprint density at radius 2 is 1.82 bits per heavy atom. The lowest BCUT2D eigenvalue weighted by Gasteiger charge is -2.05. The molecule has 0 saturated carbocycles. The maximum Gasteiger partial charge on any atom is 0.137 e. The molecule has 0 unspecified atom stereocenters. The fourth-order valence-electron chi connectivity index (χ4n) is 1.42. The Kier molecular flexibility index (Phi) is 3.03. The summed E-state index contributed by atoms with van der Waals surface area (Å²) in [6, 6.07) is 6.65. The Hall–Kier alpha value is -1.99. The SMILES string of the molecule is N#Cc1ccnc(-c2c(F)cc(Cl)cc2F)c1. The Balaban J connectivity index is 2.65. The van der Waals surface area contributed by atoms with Crippen molar-refractivity contribution in [1.82, 2.24) is 4.98 Å². The molecule has 0 bridgehead atoms. The maximum atomic E-state index is 13.6. The highest BCUT2D eigenvalue weighted by Crippen LogP contribution is 2.27. The number of nitrogens with zero attached hydrogens (tertiary/aromatic N) is 2. The van der Waals surface area contributed by atoms with E-state index in [2.05, 4.69) is 4.98 Å². The van der Waals surface area contributed by atoms with Crippen LogP contribution in [0.4, 0.5) is 8.78 Å². The second kappa shape index (κ2) is 4.48. The van der Waals surface area contributed by atoms with Gasteiger partial charge < -0.3 is 0 Å². The first-order chi connectivity index (χ1) is 8.11. The number of pyridine rings is 1. The summed E-state index contributed by atoms with van der Waals surface area (Å²) < 4.78 is 27.2. The predicted octanol–water partition coefficient (Wildman–Crippen LogP) is 3.55. The van der Waals surface area contributed by atoms with Crippen LogP contribution in [0.5, 0.6) is 0 Å². The molecule has 0 aliphatic carbocycles. The minimum Gasteiger partial charge on any atom is -0.256 e. The van der Waals surface area contributed by atoms with Crippen LogP contribution in [0.25, 0.3) is 11.3 Å². The van der Waals surface area contributed by atoms with Gasteiger partial charge in [-0.2, -0.15) is 5.26 Å². The highest BCUT2D eigenvalue weighted by Gasteiger charge is 2.14. The van der Waals surface area contributed by atoms with E-state index in [0.29, 0.717) is 0 Å². The van der Waals surface area contributed by atoms with Crippen molar-refractivity contribution in [1.29, 1.82) is 5.26 Å². The van der Waals surface area contributed by atoms with Crippen LogP contribution in [0.1, 0.15) is 5.56 Å². The molecule has 2 rings (SSSR count). The fraction of sp³-hybridized carbons (Fsp3) is 0. The summed E-state index contributed by atoms with van der Waals surface area (Å²) in [6.45, 7) is 0. The van der Waals surface area contributed by atoms with Gasteiger partial charge in [0.15, 0.2) is 0 Å². The van der Waals surface area contributed by atoms with Crippen LogP contribution in [0, 0.1) is 23.0 Å². The lowest BCUT2D eigenvalue weighted by Crippen LogP contribution is -1.93. The Morgan fingerprint density at radius 3 is 2.41 bits per heavy atom. The summed E-state index contributed by atoms with van der Waals surface area (Å²) in [5.74, 6) is -1.62.